The summed E-state index contributed by atoms with van der Waals surface area (Å²) < 4.78 is 41.2. The largest absolute Gasteiger partial charge is 0.468 e. The topological polar surface area (TPSA) is 72.9 Å². The van der Waals surface area contributed by atoms with E-state index in [0.717, 1.165) is 21.9 Å². The summed E-state index contributed by atoms with van der Waals surface area (Å²) in [7, 11) is -2.59. The van der Waals surface area contributed by atoms with E-state index in [9.17, 15) is 13.2 Å². The molecular weight excluding hydrogens is 450 g/mol. The molecule has 1 spiro atoms. The van der Waals surface area contributed by atoms with Gasteiger partial charge in [-0.3, -0.25) is 4.79 Å². The molecule has 0 unspecified atom stereocenters. The fourth-order valence-electron chi connectivity index (χ4n) is 6.06. The molecule has 2 fully saturated rings. The molecule has 6 nitrogen and oxygen atoms in total. The van der Waals surface area contributed by atoms with Gasteiger partial charge < -0.3 is 9.47 Å². The van der Waals surface area contributed by atoms with Crippen molar-refractivity contribution in [2.75, 3.05) is 13.7 Å². The predicted octanol–water partition coefficient (Wildman–Crippen LogP) is 4.15. The van der Waals surface area contributed by atoms with E-state index < -0.39 is 33.1 Å². The molecule has 174 valence electrons. The molecule has 4 atom stereocenters. The highest BCUT2D eigenvalue weighted by Crippen LogP contribution is 2.66. The maximum Gasteiger partial charge on any atom is 0.317 e. The van der Waals surface area contributed by atoms with Crippen LogP contribution in [0.25, 0.3) is 10.8 Å². The average Bonchev–Trinajstić information content (AvgIpc) is 3.49. The van der Waals surface area contributed by atoms with Gasteiger partial charge in [0.15, 0.2) is 0 Å². The fourth-order valence-corrected chi connectivity index (χ4v) is 7.75. The van der Waals surface area contributed by atoms with Gasteiger partial charge in [0.2, 0.25) is 10.0 Å². The third-order valence-corrected chi connectivity index (χ3v) is 9.46. The Morgan fingerprint density at radius 2 is 1.79 bits per heavy atom. The number of methoxy groups -OCH3 is 1. The summed E-state index contributed by atoms with van der Waals surface area (Å²) in [5, 5.41) is 2.02. The third-order valence-electron chi connectivity index (χ3n) is 7.63. The highest BCUT2D eigenvalue weighted by Gasteiger charge is 2.76. The zero-order valence-electron chi connectivity index (χ0n) is 19.0. The van der Waals surface area contributed by atoms with Crippen molar-refractivity contribution in [1.29, 1.82) is 0 Å². The van der Waals surface area contributed by atoms with Crippen LogP contribution in [0.3, 0.4) is 0 Å². The summed E-state index contributed by atoms with van der Waals surface area (Å²) >= 11 is 0. The van der Waals surface area contributed by atoms with E-state index in [2.05, 4.69) is 0 Å². The van der Waals surface area contributed by atoms with Crippen LogP contribution in [0.5, 0.6) is 0 Å². The van der Waals surface area contributed by atoms with Gasteiger partial charge in [-0.05, 0) is 47.9 Å². The first-order chi connectivity index (χ1) is 16.3. The van der Waals surface area contributed by atoms with Gasteiger partial charge in [-0.1, -0.05) is 66.2 Å². The molecule has 3 aliphatic rings. The zero-order valence-corrected chi connectivity index (χ0v) is 19.8. The summed E-state index contributed by atoms with van der Waals surface area (Å²) in [4.78, 5) is 13.7. The lowest BCUT2D eigenvalue weighted by Crippen LogP contribution is -2.49. The molecule has 6 rings (SSSR count). The number of benzene rings is 3. The summed E-state index contributed by atoms with van der Waals surface area (Å²) in [6.45, 7) is 1.96. The molecule has 0 aromatic heterocycles. The molecule has 2 saturated heterocycles. The Bertz CT molecular complexity index is 1450. The van der Waals surface area contributed by atoms with Crippen LogP contribution in [0.4, 0.5) is 0 Å². The van der Waals surface area contributed by atoms with Gasteiger partial charge >= 0.3 is 5.97 Å². The molecule has 34 heavy (non-hydrogen) atoms. The van der Waals surface area contributed by atoms with Crippen molar-refractivity contribution < 1.29 is 22.7 Å². The van der Waals surface area contributed by atoms with E-state index in [0.29, 0.717) is 6.42 Å². The second-order valence-corrected chi connectivity index (χ2v) is 11.3. The van der Waals surface area contributed by atoms with Gasteiger partial charge in [0.05, 0.1) is 24.2 Å². The number of hydrogen-bond donors (Lipinski definition) is 0. The van der Waals surface area contributed by atoms with Crippen molar-refractivity contribution in [3.05, 3.63) is 90.0 Å². The first-order valence-electron chi connectivity index (χ1n) is 11.3. The van der Waals surface area contributed by atoms with Crippen LogP contribution >= 0.6 is 0 Å². The molecule has 0 radical (unpaired) electrons. The predicted molar refractivity (Wildman–Crippen MR) is 128 cm³/mol. The Kier molecular flexibility index (Phi) is 4.59. The first-order valence-corrected chi connectivity index (χ1v) is 12.8. The summed E-state index contributed by atoms with van der Waals surface area (Å²) in [6, 6.07) is 19.8. The highest BCUT2D eigenvalue weighted by molar-refractivity contribution is 7.89. The van der Waals surface area contributed by atoms with Crippen LogP contribution in [0, 0.1) is 12.3 Å². The number of nitrogens with zero attached hydrogens (tertiary/aromatic N) is 1. The van der Waals surface area contributed by atoms with Gasteiger partial charge in [0, 0.05) is 6.54 Å². The third kappa shape index (κ3) is 2.75. The van der Waals surface area contributed by atoms with E-state index in [1.54, 1.807) is 24.3 Å². The van der Waals surface area contributed by atoms with E-state index in [1.165, 1.54) is 11.4 Å². The summed E-state index contributed by atoms with van der Waals surface area (Å²) in [5.74, 6) is -0.445. The molecule has 3 aliphatic heterocycles. The number of carbonyl (C=O) groups is 1. The molecule has 3 aromatic carbocycles. The lowest BCUT2D eigenvalue weighted by atomic mass is 9.65. The van der Waals surface area contributed by atoms with Crippen molar-refractivity contribution >= 4 is 26.8 Å². The lowest BCUT2D eigenvalue weighted by molar-refractivity contribution is -0.159. The maximum absolute atomic E-state index is 14.0. The highest BCUT2D eigenvalue weighted by atomic mass is 32.2. The van der Waals surface area contributed by atoms with E-state index in [1.807, 2.05) is 61.5 Å². The average molecular weight is 476 g/mol. The Hall–Kier alpha value is -3.00. The van der Waals surface area contributed by atoms with Crippen LogP contribution in [-0.4, -0.2) is 44.1 Å². The maximum atomic E-state index is 14.0. The molecule has 0 N–H and O–H groups in total. The number of hydrogen-bond acceptors (Lipinski definition) is 5. The van der Waals surface area contributed by atoms with Gasteiger partial charge in [-0.15, -0.1) is 0 Å². The Labute approximate surface area is 198 Å². The number of ether oxygens (including phenoxy) is 2. The number of rotatable bonds is 4. The minimum absolute atomic E-state index is 0.0444. The number of fused-ring (bicyclic) bond motifs is 2. The van der Waals surface area contributed by atoms with Gasteiger partial charge in [-0.2, -0.15) is 4.31 Å². The minimum atomic E-state index is -3.95. The van der Waals surface area contributed by atoms with Crippen LogP contribution in [0.2, 0.25) is 0 Å². The van der Waals surface area contributed by atoms with E-state index in [-0.39, 0.29) is 17.5 Å². The van der Waals surface area contributed by atoms with Crippen LogP contribution in [0.15, 0.2) is 83.8 Å². The van der Waals surface area contributed by atoms with E-state index >= 15 is 0 Å². The van der Waals surface area contributed by atoms with Gasteiger partial charge in [-0.25, -0.2) is 8.42 Å². The summed E-state index contributed by atoms with van der Waals surface area (Å²) in [5.41, 5.74) is -0.528. The smallest absolute Gasteiger partial charge is 0.317 e. The standard InChI is InChI=1S/C27H25NO5S/c1-18-7-11-23(12-8-18)34(30,31)28-17-26-14-13-22(33-26)16-27(26,25(29)32-2)24(28)21-10-9-19-5-3-4-6-20(19)15-21/h3-15,22,24H,16-17H2,1-2H3/t22-,24+,26-,27-/m0/s1. The lowest BCUT2D eigenvalue weighted by Gasteiger charge is -2.38. The van der Waals surface area contributed by atoms with Gasteiger partial charge in [0.1, 0.15) is 11.0 Å². The van der Waals surface area contributed by atoms with Crippen molar-refractivity contribution in [2.24, 2.45) is 5.41 Å². The minimum Gasteiger partial charge on any atom is -0.468 e. The van der Waals surface area contributed by atoms with Crippen molar-refractivity contribution in [1.82, 2.24) is 4.31 Å². The molecule has 0 aliphatic carbocycles. The monoisotopic (exact) mass is 475 g/mol. The number of sulfonamides is 1. The molecule has 0 amide bonds. The summed E-state index contributed by atoms with van der Waals surface area (Å²) in [6.07, 6.45) is 3.93. The second-order valence-electron chi connectivity index (χ2n) is 9.44. The van der Waals surface area contributed by atoms with Crippen LogP contribution < -0.4 is 0 Å². The Morgan fingerprint density at radius 1 is 1.06 bits per heavy atom. The molecule has 3 aromatic rings. The fraction of sp³-hybridized carbons (Fsp3) is 0.296. The molecular formula is C27H25NO5S. The Morgan fingerprint density at radius 3 is 2.50 bits per heavy atom. The first kappa shape index (κ1) is 21.5. The molecule has 3 heterocycles. The number of carbonyl (C=O) groups excluding carboxylic acids is 1. The van der Waals surface area contributed by atoms with Crippen molar-refractivity contribution in [3.8, 4) is 0 Å². The normalized spacial score (nSPS) is 30.1. The molecule has 0 saturated carbocycles. The van der Waals surface area contributed by atoms with Gasteiger partial charge in [0.25, 0.3) is 0 Å². The molecule has 2 bridgehead atoms. The van der Waals surface area contributed by atoms with Crippen molar-refractivity contribution in [3.63, 3.8) is 0 Å². The van der Waals surface area contributed by atoms with Crippen molar-refractivity contribution in [2.45, 2.75) is 36.0 Å². The SMILES string of the molecule is COC(=O)[C@@]12C[C@@H]3C=C[C@@]1(CN(S(=O)(=O)c1ccc(C)cc1)[C@@H]2c1ccc2ccccc2c1)O3. The second kappa shape index (κ2) is 7.25. The number of esters is 1. The van der Waals surface area contributed by atoms with Crippen LogP contribution in [0.1, 0.15) is 23.6 Å². The molecule has 7 heteroatoms. The zero-order chi connectivity index (χ0) is 23.7. The van der Waals surface area contributed by atoms with E-state index in [4.69, 9.17) is 9.47 Å². The quantitative estimate of drug-likeness (QED) is 0.419. The Balaban J connectivity index is 1.60. The number of aryl methyl sites for hydroxylation is 1. The van der Waals surface area contributed by atoms with Crippen LogP contribution in [-0.2, 0) is 24.3 Å².